The third-order valence-corrected chi connectivity index (χ3v) is 8.07. The van der Waals surface area contributed by atoms with E-state index in [-0.39, 0.29) is 11.6 Å². The maximum atomic E-state index is 5.02. The van der Waals surface area contributed by atoms with Crippen LogP contribution in [0.3, 0.4) is 0 Å². The number of rotatable bonds is 4. The molecule has 35 heavy (non-hydrogen) atoms. The van der Waals surface area contributed by atoms with Gasteiger partial charge in [0.1, 0.15) is 6.17 Å². The van der Waals surface area contributed by atoms with Crippen molar-refractivity contribution in [3.8, 4) is 11.1 Å². The van der Waals surface area contributed by atoms with Gasteiger partial charge in [0.05, 0.1) is 5.69 Å². The first-order valence-electron chi connectivity index (χ1n) is 12.4. The molecule has 4 aromatic rings. The van der Waals surface area contributed by atoms with E-state index in [9.17, 15) is 0 Å². The van der Waals surface area contributed by atoms with Crippen molar-refractivity contribution in [2.24, 2.45) is 5.92 Å². The van der Waals surface area contributed by atoms with Gasteiger partial charge in [0, 0.05) is 34.5 Å². The van der Waals surface area contributed by atoms with Crippen LogP contribution in [0.25, 0.3) is 11.1 Å². The molecular weight excluding hydrogens is 426 g/mol. The Morgan fingerprint density at radius 2 is 1.71 bits per heavy atom. The number of aromatic nitrogens is 1. The molecule has 3 unspecified atom stereocenters. The Balaban J connectivity index is 1.67. The van der Waals surface area contributed by atoms with Crippen LogP contribution in [0.15, 0.2) is 104 Å². The molecule has 0 aliphatic carbocycles. The lowest BCUT2D eigenvalue weighted by atomic mass is 9.65. The maximum Gasteiger partial charge on any atom is 0.159 e. The van der Waals surface area contributed by atoms with Crippen molar-refractivity contribution < 1.29 is 0 Å². The number of para-hydroxylation sites is 2. The SMILES string of the molecule is C=CCC1(C)c2ccccc2N2c3nccc(-c4cccc(C)c4)c3N(c3ccccc3)C2C1C. The van der Waals surface area contributed by atoms with E-state index in [0.717, 1.165) is 12.2 Å². The third-order valence-electron chi connectivity index (χ3n) is 8.07. The highest BCUT2D eigenvalue weighted by Gasteiger charge is 2.53. The summed E-state index contributed by atoms with van der Waals surface area (Å²) in [4.78, 5) is 10.0. The van der Waals surface area contributed by atoms with Gasteiger partial charge in [-0.25, -0.2) is 4.98 Å². The number of benzene rings is 3. The molecule has 2 aliphatic rings. The Kier molecular flexibility index (Phi) is 5.03. The molecule has 3 aromatic carbocycles. The van der Waals surface area contributed by atoms with E-state index in [0.29, 0.717) is 5.92 Å². The van der Waals surface area contributed by atoms with Crippen molar-refractivity contribution in [2.45, 2.75) is 38.8 Å². The van der Waals surface area contributed by atoms with Gasteiger partial charge in [0.25, 0.3) is 0 Å². The zero-order valence-electron chi connectivity index (χ0n) is 20.6. The van der Waals surface area contributed by atoms with Crippen molar-refractivity contribution in [3.05, 3.63) is 115 Å². The fraction of sp³-hybridized carbons (Fsp3) is 0.219. The Bertz CT molecular complexity index is 1410. The summed E-state index contributed by atoms with van der Waals surface area (Å²) in [6, 6.07) is 30.6. The summed E-state index contributed by atoms with van der Waals surface area (Å²) in [6.07, 6.45) is 5.07. The average Bonchev–Trinajstić information content (AvgIpc) is 3.24. The molecule has 2 aliphatic heterocycles. The number of hydrogen-bond donors (Lipinski definition) is 0. The highest BCUT2D eigenvalue weighted by molar-refractivity contribution is 5.97. The Hall–Kier alpha value is -3.85. The van der Waals surface area contributed by atoms with E-state index in [1.807, 2.05) is 6.20 Å². The third kappa shape index (κ3) is 3.15. The van der Waals surface area contributed by atoms with Crippen molar-refractivity contribution in [3.63, 3.8) is 0 Å². The molecule has 6 rings (SSSR count). The second-order valence-electron chi connectivity index (χ2n) is 10.1. The highest BCUT2D eigenvalue weighted by Crippen LogP contribution is 2.59. The smallest absolute Gasteiger partial charge is 0.159 e. The lowest BCUT2D eigenvalue weighted by Gasteiger charge is -2.51. The first-order chi connectivity index (χ1) is 17.0. The van der Waals surface area contributed by atoms with Gasteiger partial charge in [0.15, 0.2) is 5.82 Å². The van der Waals surface area contributed by atoms with Crippen LogP contribution in [0.2, 0.25) is 0 Å². The topological polar surface area (TPSA) is 19.4 Å². The fourth-order valence-corrected chi connectivity index (χ4v) is 6.19. The monoisotopic (exact) mass is 457 g/mol. The summed E-state index contributed by atoms with van der Waals surface area (Å²) in [7, 11) is 0. The van der Waals surface area contributed by atoms with Crippen molar-refractivity contribution in [1.29, 1.82) is 0 Å². The Morgan fingerprint density at radius 1 is 0.943 bits per heavy atom. The summed E-state index contributed by atoms with van der Waals surface area (Å²) < 4.78 is 0. The molecule has 3 heterocycles. The largest absolute Gasteiger partial charge is 0.316 e. The summed E-state index contributed by atoms with van der Waals surface area (Å²) in [5, 5.41) is 0. The number of allylic oxidation sites excluding steroid dienone is 1. The van der Waals surface area contributed by atoms with Gasteiger partial charge in [-0.15, -0.1) is 6.58 Å². The van der Waals surface area contributed by atoms with Gasteiger partial charge in [-0.2, -0.15) is 0 Å². The molecule has 3 nitrogen and oxygen atoms in total. The van der Waals surface area contributed by atoms with Crippen molar-refractivity contribution >= 4 is 22.9 Å². The molecule has 0 radical (unpaired) electrons. The van der Waals surface area contributed by atoms with Gasteiger partial charge < -0.3 is 9.80 Å². The predicted octanol–water partition coefficient (Wildman–Crippen LogP) is 8.16. The summed E-state index contributed by atoms with van der Waals surface area (Å²) >= 11 is 0. The number of aryl methyl sites for hydroxylation is 1. The quantitative estimate of drug-likeness (QED) is 0.288. The minimum absolute atomic E-state index is 0.0436. The standard InChI is InChI=1S/C32H31N3/c1-5-19-32(4)23(3)31-34(25-14-7-6-8-15-25)29-26(24-13-11-12-22(2)21-24)18-20-33-30(29)35(31)28-17-10-9-16-27(28)32/h5-18,20-21,23,31H,1,19H2,2-4H3. The van der Waals surface area contributed by atoms with Gasteiger partial charge in [0.2, 0.25) is 0 Å². The van der Waals surface area contributed by atoms with E-state index in [1.165, 1.54) is 39.3 Å². The van der Waals surface area contributed by atoms with Crippen LogP contribution in [0.4, 0.5) is 22.9 Å². The van der Waals surface area contributed by atoms with Crippen LogP contribution in [0.1, 0.15) is 31.4 Å². The summed E-state index contributed by atoms with van der Waals surface area (Å²) in [5.74, 6) is 1.34. The average molecular weight is 458 g/mol. The van der Waals surface area contributed by atoms with E-state index in [2.05, 4.69) is 128 Å². The number of hydrogen-bond acceptors (Lipinski definition) is 3. The molecule has 0 fully saturated rings. The minimum atomic E-state index is -0.0436. The molecule has 0 spiro atoms. The molecule has 1 aromatic heterocycles. The Morgan fingerprint density at radius 3 is 2.49 bits per heavy atom. The lowest BCUT2D eigenvalue weighted by Crippen LogP contribution is -2.54. The van der Waals surface area contributed by atoms with Gasteiger partial charge in [-0.1, -0.05) is 86.2 Å². The summed E-state index contributed by atoms with van der Waals surface area (Å²) in [5.41, 5.74) is 8.63. The zero-order valence-corrected chi connectivity index (χ0v) is 20.6. The van der Waals surface area contributed by atoms with E-state index >= 15 is 0 Å². The second-order valence-corrected chi connectivity index (χ2v) is 10.1. The predicted molar refractivity (Wildman–Crippen MR) is 147 cm³/mol. The number of pyridine rings is 1. The highest BCUT2D eigenvalue weighted by atomic mass is 15.5. The van der Waals surface area contributed by atoms with E-state index in [1.54, 1.807) is 0 Å². The van der Waals surface area contributed by atoms with E-state index in [4.69, 9.17) is 4.98 Å². The molecular formula is C32H31N3. The molecule has 0 saturated carbocycles. The van der Waals surface area contributed by atoms with Gasteiger partial charge in [-0.05, 0) is 48.7 Å². The number of nitrogens with zero attached hydrogens (tertiary/aromatic N) is 3. The maximum absolute atomic E-state index is 5.02. The molecule has 3 heteroatoms. The van der Waals surface area contributed by atoms with Crippen LogP contribution in [-0.2, 0) is 5.41 Å². The molecule has 174 valence electrons. The van der Waals surface area contributed by atoms with Crippen LogP contribution < -0.4 is 9.80 Å². The molecule has 0 N–H and O–H groups in total. The normalized spacial score (nSPS) is 22.4. The summed E-state index contributed by atoms with van der Waals surface area (Å²) in [6.45, 7) is 11.1. The van der Waals surface area contributed by atoms with Gasteiger partial charge >= 0.3 is 0 Å². The number of fused-ring (bicyclic) bond motifs is 5. The molecule has 0 bridgehead atoms. The zero-order chi connectivity index (χ0) is 24.2. The van der Waals surface area contributed by atoms with Crippen LogP contribution >= 0.6 is 0 Å². The van der Waals surface area contributed by atoms with Crippen LogP contribution in [0.5, 0.6) is 0 Å². The van der Waals surface area contributed by atoms with Crippen molar-refractivity contribution in [1.82, 2.24) is 4.98 Å². The first kappa shape index (κ1) is 21.7. The lowest BCUT2D eigenvalue weighted by molar-refractivity contribution is 0.259. The molecule has 3 atom stereocenters. The first-order valence-corrected chi connectivity index (χ1v) is 12.4. The van der Waals surface area contributed by atoms with Gasteiger partial charge in [-0.3, -0.25) is 0 Å². The van der Waals surface area contributed by atoms with Crippen LogP contribution in [0, 0.1) is 12.8 Å². The second kappa shape index (κ2) is 8.13. The van der Waals surface area contributed by atoms with E-state index < -0.39 is 0 Å². The van der Waals surface area contributed by atoms with Crippen molar-refractivity contribution in [2.75, 3.05) is 9.80 Å². The fourth-order valence-electron chi connectivity index (χ4n) is 6.19. The molecule has 0 amide bonds. The van der Waals surface area contributed by atoms with Crippen LogP contribution in [-0.4, -0.2) is 11.1 Å². The Labute approximate surface area is 208 Å². The minimum Gasteiger partial charge on any atom is -0.316 e. The number of anilines is 4. The molecule has 0 saturated heterocycles.